The number of hydrogen-bond donors (Lipinski definition) is 1. The third kappa shape index (κ3) is 6.08. The summed E-state index contributed by atoms with van der Waals surface area (Å²) >= 11 is 3.41. The molecule has 2 rings (SSSR count). The van der Waals surface area contributed by atoms with Crippen LogP contribution in [0.3, 0.4) is 0 Å². The normalized spacial score (nSPS) is 10.5. The molecule has 0 unspecified atom stereocenters. The number of carbonyl (C=O) groups excluding carboxylic acids is 1. The molecule has 0 atom stereocenters. The molecular weight excluding hydrogens is 384 g/mol. The number of rotatable bonds is 8. The number of methoxy groups -OCH3 is 1. The van der Waals surface area contributed by atoms with Crippen LogP contribution in [0.4, 0.5) is 0 Å². The van der Waals surface area contributed by atoms with E-state index >= 15 is 0 Å². The zero-order valence-electron chi connectivity index (χ0n) is 13.9. The molecule has 0 bridgehead atoms. The number of halogens is 1. The fourth-order valence-corrected chi connectivity index (χ4v) is 2.42. The van der Waals surface area contributed by atoms with Gasteiger partial charge in [0.1, 0.15) is 18.1 Å². The summed E-state index contributed by atoms with van der Waals surface area (Å²) in [7, 11) is 1.60. The van der Waals surface area contributed by atoms with Crippen molar-refractivity contribution in [3.05, 3.63) is 70.7 Å². The number of amides is 1. The average molecular weight is 403 g/mol. The molecule has 25 heavy (non-hydrogen) atoms. The van der Waals surface area contributed by atoms with Gasteiger partial charge in [-0.05, 0) is 35.9 Å². The van der Waals surface area contributed by atoms with Crippen molar-refractivity contribution in [2.75, 3.05) is 13.7 Å². The number of hydrazone groups is 1. The summed E-state index contributed by atoms with van der Waals surface area (Å²) in [4.78, 5) is 12.0. The highest BCUT2D eigenvalue weighted by atomic mass is 79.9. The molecule has 0 saturated heterocycles. The number of carbonyl (C=O) groups is 1. The van der Waals surface area contributed by atoms with E-state index in [-0.39, 0.29) is 12.3 Å². The van der Waals surface area contributed by atoms with Crippen LogP contribution in [0, 0.1) is 0 Å². The minimum Gasteiger partial charge on any atom is -0.497 e. The topological polar surface area (TPSA) is 59.9 Å². The average Bonchev–Trinajstić information content (AvgIpc) is 2.61. The molecule has 0 heterocycles. The Hall–Kier alpha value is -2.60. The molecule has 0 aliphatic carbocycles. The van der Waals surface area contributed by atoms with Gasteiger partial charge in [0.05, 0.1) is 19.7 Å². The molecule has 0 aliphatic rings. The van der Waals surface area contributed by atoms with Crippen molar-refractivity contribution in [2.45, 2.75) is 6.42 Å². The third-order valence-electron chi connectivity index (χ3n) is 3.25. The van der Waals surface area contributed by atoms with Crippen molar-refractivity contribution in [3.63, 3.8) is 0 Å². The lowest BCUT2D eigenvalue weighted by Gasteiger charge is -2.07. The summed E-state index contributed by atoms with van der Waals surface area (Å²) < 4.78 is 11.5. The van der Waals surface area contributed by atoms with E-state index in [1.807, 2.05) is 42.5 Å². The van der Waals surface area contributed by atoms with Gasteiger partial charge in [-0.2, -0.15) is 5.10 Å². The van der Waals surface area contributed by atoms with Crippen LogP contribution in [0.5, 0.6) is 11.5 Å². The zero-order chi connectivity index (χ0) is 18.1. The summed E-state index contributed by atoms with van der Waals surface area (Å²) in [5.74, 6) is 1.21. The quantitative estimate of drug-likeness (QED) is 0.415. The van der Waals surface area contributed by atoms with Crippen molar-refractivity contribution >= 4 is 28.1 Å². The van der Waals surface area contributed by atoms with Crippen molar-refractivity contribution < 1.29 is 14.3 Å². The Bertz CT molecular complexity index is 758. The fourth-order valence-electron chi connectivity index (χ4n) is 2.04. The Morgan fingerprint density at radius 2 is 2.04 bits per heavy atom. The highest BCUT2D eigenvalue weighted by Gasteiger charge is 2.04. The molecule has 0 radical (unpaired) electrons. The molecule has 1 amide bonds. The number of benzene rings is 2. The fraction of sp³-hybridized carbons (Fsp3) is 0.158. The maximum atomic E-state index is 12.0. The van der Waals surface area contributed by atoms with Gasteiger partial charge in [-0.1, -0.05) is 40.7 Å². The van der Waals surface area contributed by atoms with E-state index in [1.165, 1.54) is 0 Å². The second kappa shape index (κ2) is 9.64. The molecule has 2 aromatic carbocycles. The van der Waals surface area contributed by atoms with Gasteiger partial charge in [-0.15, -0.1) is 0 Å². The lowest BCUT2D eigenvalue weighted by molar-refractivity contribution is -0.120. The highest BCUT2D eigenvalue weighted by Crippen LogP contribution is 2.21. The molecule has 2 aromatic rings. The molecule has 5 nitrogen and oxygen atoms in total. The summed E-state index contributed by atoms with van der Waals surface area (Å²) in [6.07, 6.45) is 3.45. The summed E-state index contributed by atoms with van der Waals surface area (Å²) in [5.41, 5.74) is 4.15. The molecule has 1 N–H and O–H groups in total. The Morgan fingerprint density at radius 1 is 1.28 bits per heavy atom. The van der Waals surface area contributed by atoms with Gasteiger partial charge < -0.3 is 9.47 Å². The van der Waals surface area contributed by atoms with Gasteiger partial charge in [0.25, 0.3) is 0 Å². The standard InChI is InChI=1S/C19H19BrN2O3/c1-3-10-25-18-9-6-16(20)12-15(18)13-21-22-19(23)11-14-4-7-17(24-2)8-5-14/h3-9,12-13H,1,10-11H2,2H3,(H,22,23)/b21-13-. The van der Waals surface area contributed by atoms with E-state index in [0.29, 0.717) is 12.4 Å². The smallest absolute Gasteiger partial charge is 0.244 e. The second-order valence-electron chi connectivity index (χ2n) is 5.10. The van der Waals surface area contributed by atoms with Gasteiger partial charge >= 0.3 is 0 Å². The molecule has 6 heteroatoms. The number of hydrogen-bond acceptors (Lipinski definition) is 4. The van der Waals surface area contributed by atoms with E-state index in [9.17, 15) is 4.79 Å². The predicted octanol–water partition coefficient (Wildman–Crippen LogP) is 3.72. The Kier molecular flexibility index (Phi) is 7.22. The maximum absolute atomic E-state index is 12.0. The second-order valence-corrected chi connectivity index (χ2v) is 6.02. The zero-order valence-corrected chi connectivity index (χ0v) is 15.5. The molecule has 0 fully saturated rings. The summed E-state index contributed by atoms with van der Waals surface area (Å²) in [5, 5.41) is 4.01. The maximum Gasteiger partial charge on any atom is 0.244 e. The van der Waals surface area contributed by atoms with E-state index in [4.69, 9.17) is 9.47 Å². The molecule has 130 valence electrons. The van der Waals surface area contributed by atoms with Crippen molar-refractivity contribution in [1.29, 1.82) is 0 Å². The Morgan fingerprint density at radius 3 is 2.72 bits per heavy atom. The molecule has 0 aliphatic heterocycles. The van der Waals surface area contributed by atoms with Crippen molar-refractivity contribution in [1.82, 2.24) is 5.43 Å². The lowest BCUT2D eigenvalue weighted by atomic mass is 10.1. The molecule has 0 aromatic heterocycles. The summed E-state index contributed by atoms with van der Waals surface area (Å²) in [6, 6.07) is 12.9. The third-order valence-corrected chi connectivity index (χ3v) is 3.74. The highest BCUT2D eigenvalue weighted by molar-refractivity contribution is 9.10. The predicted molar refractivity (Wildman–Crippen MR) is 102 cm³/mol. The van der Waals surface area contributed by atoms with Gasteiger partial charge in [-0.25, -0.2) is 5.43 Å². The number of nitrogens with one attached hydrogen (secondary N) is 1. The molecular formula is C19H19BrN2O3. The minimum absolute atomic E-state index is 0.204. The van der Waals surface area contributed by atoms with E-state index in [0.717, 1.165) is 21.3 Å². The summed E-state index contributed by atoms with van der Waals surface area (Å²) in [6.45, 7) is 4.02. The van der Waals surface area contributed by atoms with Crippen molar-refractivity contribution in [2.24, 2.45) is 5.10 Å². The van der Waals surface area contributed by atoms with Gasteiger partial charge in [0, 0.05) is 10.0 Å². The molecule has 0 saturated carbocycles. The largest absolute Gasteiger partial charge is 0.497 e. The first kappa shape index (κ1) is 18.7. The monoisotopic (exact) mass is 402 g/mol. The van der Waals surface area contributed by atoms with E-state index in [1.54, 1.807) is 19.4 Å². The van der Waals surface area contributed by atoms with Crippen LogP contribution in [0.15, 0.2) is 64.7 Å². The SMILES string of the molecule is C=CCOc1ccc(Br)cc1/C=N\NC(=O)Cc1ccc(OC)cc1. The van der Waals surface area contributed by atoms with Crippen LogP contribution in [0.1, 0.15) is 11.1 Å². The van der Waals surface area contributed by atoms with Crippen LogP contribution in [0.25, 0.3) is 0 Å². The Balaban J connectivity index is 1.96. The number of ether oxygens (including phenoxy) is 2. The first-order valence-corrected chi connectivity index (χ1v) is 8.39. The van der Waals surface area contributed by atoms with Gasteiger partial charge in [0.15, 0.2) is 0 Å². The van der Waals surface area contributed by atoms with Crippen LogP contribution in [0.2, 0.25) is 0 Å². The van der Waals surface area contributed by atoms with Crippen LogP contribution in [-0.4, -0.2) is 25.8 Å². The number of nitrogens with zero attached hydrogens (tertiary/aromatic N) is 1. The van der Waals surface area contributed by atoms with E-state index in [2.05, 4.69) is 33.0 Å². The first-order chi connectivity index (χ1) is 12.1. The van der Waals surface area contributed by atoms with Crippen LogP contribution >= 0.6 is 15.9 Å². The molecule has 0 spiro atoms. The first-order valence-electron chi connectivity index (χ1n) is 7.60. The lowest BCUT2D eigenvalue weighted by Crippen LogP contribution is -2.19. The van der Waals surface area contributed by atoms with Gasteiger partial charge in [0.2, 0.25) is 5.91 Å². The van der Waals surface area contributed by atoms with Crippen LogP contribution < -0.4 is 14.9 Å². The van der Waals surface area contributed by atoms with Gasteiger partial charge in [-0.3, -0.25) is 4.79 Å². The van der Waals surface area contributed by atoms with Crippen LogP contribution in [-0.2, 0) is 11.2 Å². The van der Waals surface area contributed by atoms with Crippen molar-refractivity contribution in [3.8, 4) is 11.5 Å². The minimum atomic E-state index is -0.204. The Labute approximate surface area is 155 Å². The van der Waals surface area contributed by atoms with E-state index < -0.39 is 0 Å².